The lowest BCUT2D eigenvalue weighted by atomic mass is 9.95. The number of amides is 1. The summed E-state index contributed by atoms with van der Waals surface area (Å²) in [6.07, 6.45) is 1.13. The van der Waals surface area contributed by atoms with Gasteiger partial charge in [-0.15, -0.1) is 0 Å². The highest BCUT2D eigenvalue weighted by Gasteiger charge is 2.28. The molecule has 3 N–H and O–H groups in total. The van der Waals surface area contributed by atoms with Crippen LogP contribution in [0.1, 0.15) is 26.7 Å². The lowest BCUT2D eigenvalue weighted by Crippen LogP contribution is -2.51. The van der Waals surface area contributed by atoms with E-state index in [1.54, 1.807) is 4.90 Å². The summed E-state index contributed by atoms with van der Waals surface area (Å²) in [5.74, 6) is 0.260. The van der Waals surface area contributed by atoms with E-state index in [0.29, 0.717) is 13.0 Å². The second kappa shape index (κ2) is 4.75. The zero-order valence-electron chi connectivity index (χ0n) is 8.94. The van der Waals surface area contributed by atoms with Gasteiger partial charge in [0.25, 0.3) is 0 Å². The van der Waals surface area contributed by atoms with Crippen LogP contribution in [0.3, 0.4) is 0 Å². The third-order valence-electron chi connectivity index (χ3n) is 2.99. The number of carbonyl (C=O) groups is 1. The summed E-state index contributed by atoms with van der Waals surface area (Å²) in [6.45, 7) is 5.07. The molecule has 14 heavy (non-hydrogen) atoms. The predicted octanol–water partition coefficient (Wildman–Crippen LogP) is -0.0470. The van der Waals surface area contributed by atoms with Crippen LogP contribution >= 0.6 is 0 Å². The molecular weight excluding hydrogens is 180 g/mol. The van der Waals surface area contributed by atoms with Crippen LogP contribution in [-0.2, 0) is 4.79 Å². The Morgan fingerprint density at radius 3 is 2.86 bits per heavy atom. The Labute approximate surface area is 85.1 Å². The molecule has 4 nitrogen and oxygen atoms in total. The van der Waals surface area contributed by atoms with Gasteiger partial charge in [0.05, 0.1) is 12.1 Å². The minimum absolute atomic E-state index is 0.0292. The molecule has 0 bridgehead atoms. The minimum Gasteiger partial charge on any atom is -0.391 e. The van der Waals surface area contributed by atoms with E-state index in [1.807, 2.05) is 13.8 Å². The summed E-state index contributed by atoms with van der Waals surface area (Å²) < 4.78 is 0. The Hall–Kier alpha value is -0.610. The third-order valence-corrected chi connectivity index (χ3v) is 2.99. The number of aliphatic hydroxyl groups excluding tert-OH is 1. The Bertz CT molecular complexity index is 208. The van der Waals surface area contributed by atoms with Crippen molar-refractivity contribution in [2.24, 2.45) is 11.7 Å². The second-order valence-electron chi connectivity index (χ2n) is 4.13. The van der Waals surface area contributed by atoms with Gasteiger partial charge in [-0.05, 0) is 18.8 Å². The zero-order valence-corrected chi connectivity index (χ0v) is 8.94. The topological polar surface area (TPSA) is 66.6 Å². The summed E-state index contributed by atoms with van der Waals surface area (Å²) in [5, 5.41) is 9.62. The van der Waals surface area contributed by atoms with Gasteiger partial charge in [0, 0.05) is 13.1 Å². The van der Waals surface area contributed by atoms with Gasteiger partial charge in [0.1, 0.15) is 0 Å². The van der Waals surface area contributed by atoms with E-state index in [-0.39, 0.29) is 11.8 Å². The molecule has 0 aromatic carbocycles. The fourth-order valence-corrected chi connectivity index (χ4v) is 1.66. The molecule has 0 spiro atoms. The number of aliphatic hydroxyl groups is 1. The normalized spacial score (nSPS) is 30.1. The molecule has 1 fully saturated rings. The number of likely N-dealkylation sites (tertiary alicyclic amines) is 1. The lowest BCUT2D eigenvalue weighted by molar-refractivity contribution is -0.136. The average Bonchev–Trinajstić information content (AvgIpc) is 2.20. The van der Waals surface area contributed by atoms with Crippen LogP contribution in [0.5, 0.6) is 0 Å². The first-order valence-corrected chi connectivity index (χ1v) is 5.28. The minimum atomic E-state index is -0.407. The molecule has 4 heteroatoms. The van der Waals surface area contributed by atoms with E-state index in [1.165, 1.54) is 0 Å². The third kappa shape index (κ3) is 2.45. The number of nitrogens with two attached hydrogens (primary N) is 1. The van der Waals surface area contributed by atoms with E-state index < -0.39 is 12.1 Å². The molecule has 1 aliphatic rings. The van der Waals surface area contributed by atoms with Gasteiger partial charge in [0.15, 0.2) is 0 Å². The van der Waals surface area contributed by atoms with E-state index >= 15 is 0 Å². The summed E-state index contributed by atoms with van der Waals surface area (Å²) in [7, 11) is 0. The van der Waals surface area contributed by atoms with E-state index in [2.05, 4.69) is 0 Å². The maximum absolute atomic E-state index is 11.7. The lowest BCUT2D eigenvalue weighted by Gasteiger charge is -2.35. The van der Waals surface area contributed by atoms with Crippen LogP contribution in [0.4, 0.5) is 0 Å². The quantitative estimate of drug-likeness (QED) is 0.657. The molecule has 3 atom stereocenters. The van der Waals surface area contributed by atoms with Crippen LogP contribution in [-0.4, -0.2) is 41.1 Å². The van der Waals surface area contributed by atoms with Crippen molar-refractivity contribution in [1.29, 1.82) is 0 Å². The molecule has 0 aromatic rings. The summed E-state index contributed by atoms with van der Waals surface area (Å²) in [5.41, 5.74) is 5.65. The summed E-state index contributed by atoms with van der Waals surface area (Å²) in [4.78, 5) is 13.4. The molecule has 2 unspecified atom stereocenters. The number of hydrogen-bond acceptors (Lipinski definition) is 3. The number of rotatable bonds is 2. The van der Waals surface area contributed by atoms with E-state index in [4.69, 9.17) is 5.73 Å². The molecule has 1 saturated heterocycles. The first-order chi connectivity index (χ1) is 6.56. The average molecular weight is 200 g/mol. The number of hydrogen-bond donors (Lipinski definition) is 2. The maximum Gasteiger partial charge on any atom is 0.239 e. The molecule has 0 radical (unpaired) electrons. The molecule has 0 saturated carbocycles. The number of nitrogens with zero attached hydrogens (tertiary/aromatic N) is 1. The molecule has 0 aromatic heterocycles. The predicted molar refractivity (Wildman–Crippen MR) is 54.6 cm³/mol. The van der Waals surface area contributed by atoms with Crippen molar-refractivity contribution in [2.75, 3.05) is 13.1 Å². The monoisotopic (exact) mass is 200 g/mol. The molecule has 0 aliphatic carbocycles. The standard InChI is InChI=1S/C10H20N2O2/c1-3-8(11)10(14)12-5-4-7(2)9(13)6-12/h7-9,13H,3-6,11H2,1-2H3/t7?,8-,9?/m0/s1. The number of piperidine rings is 1. The van der Waals surface area contributed by atoms with E-state index in [9.17, 15) is 9.90 Å². The van der Waals surface area contributed by atoms with Crippen molar-refractivity contribution < 1.29 is 9.90 Å². The van der Waals surface area contributed by atoms with Gasteiger partial charge in [-0.1, -0.05) is 13.8 Å². The van der Waals surface area contributed by atoms with Gasteiger partial charge in [-0.3, -0.25) is 4.79 Å². The van der Waals surface area contributed by atoms with Crippen LogP contribution in [0.15, 0.2) is 0 Å². The second-order valence-corrected chi connectivity index (χ2v) is 4.13. The van der Waals surface area contributed by atoms with Crippen molar-refractivity contribution in [1.82, 2.24) is 4.90 Å². The van der Waals surface area contributed by atoms with Crippen LogP contribution in [0.2, 0.25) is 0 Å². The van der Waals surface area contributed by atoms with Gasteiger partial charge in [-0.2, -0.15) is 0 Å². The Balaban J connectivity index is 2.50. The Morgan fingerprint density at radius 1 is 1.71 bits per heavy atom. The largest absolute Gasteiger partial charge is 0.391 e. The summed E-state index contributed by atoms with van der Waals surface area (Å²) >= 11 is 0. The fourth-order valence-electron chi connectivity index (χ4n) is 1.66. The zero-order chi connectivity index (χ0) is 10.7. The van der Waals surface area contributed by atoms with Crippen LogP contribution in [0, 0.1) is 5.92 Å². The van der Waals surface area contributed by atoms with Gasteiger partial charge >= 0.3 is 0 Å². The molecule has 1 rings (SSSR count). The summed E-state index contributed by atoms with van der Waals surface area (Å²) in [6, 6.07) is -0.407. The number of β-amino-alcohol motifs (C(OH)–C–C–N with tert-alkyl or cyclic N) is 1. The molecule has 1 heterocycles. The number of carbonyl (C=O) groups excluding carboxylic acids is 1. The van der Waals surface area contributed by atoms with Gasteiger partial charge in [0.2, 0.25) is 5.91 Å². The molecule has 82 valence electrons. The highest BCUT2D eigenvalue weighted by molar-refractivity contribution is 5.81. The van der Waals surface area contributed by atoms with Gasteiger partial charge in [-0.25, -0.2) is 0 Å². The maximum atomic E-state index is 11.7. The molecule has 1 amide bonds. The van der Waals surface area contributed by atoms with Gasteiger partial charge < -0.3 is 15.7 Å². The van der Waals surface area contributed by atoms with Crippen molar-refractivity contribution in [2.45, 2.75) is 38.8 Å². The SMILES string of the molecule is CC[C@H](N)C(=O)N1CCC(C)C(O)C1. The first-order valence-electron chi connectivity index (χ1n) is 5.28. The molecule has 1 aliphatic heterocycles. The van der Waals surface area contributed by atoms with Crippen LogP contribution in [0.25, 0.3) is 0 Å². The fraction of sp³-hybridized carbons (Fsp3) is 0.900. The van der Waals surface area contributed by atoms with Crippen molar-refractivity contribution in [3.8, 4) is 0 Å². The Morgan fingerprint density at radius 2 is 2.36 bits per heavy atom. The first kappa shape index (κ1) is 11.5. The van der Waals surface area contributed by atoms with E-state index in [0.717, 1.165) is 13.0 Å². The van der Waals surface area contributed by atoms with Crippen molar-refractivity contribution in [3.63, 3.8) is 0 Å². The van der Waals surface area contributed by atoms with Crippen molar-refractivity contribution >= 4 is 5.91 Å². The van der Waals surface area contributed by atoms with Crippen molar-refractivity contribution in [3.05, 3.63) is 0 Å². The molecular formula is C10H20N2O2. The highest BCUT2D eigenvalue weighted by Crippen LogP contribution is 2.17. The van der Waals surface area contributed by atoms with Crippen LogP contribution < -0.4 is 5.73 Å². The highest BCUT2D eigenvalue weighted by atomic mass is 16.3. The Kier molecular flexibility index (Phi) is 3.89. The smallest absolute Gasteiger partial charge is 0.239 e.